The molecule has 104 valence electrons. The Balaban J connectivity index is 1.94. The van der Waals surface area contributed by atoms with Crippen LogP contribution in [0.25, 0.3) is 0 Å². The number of thiocarbonyl (C=S) groups is 1. The summed E-state index contributed by atoms with van der Waals surface area (Å²) in [6.07, 6.45) is 7.02. The van der Waals surface area contributed by atoms with Gasteiger partial charge in [-0.05, 0) is 46.0 Å². The highest BCUT2D eigenvalue weighted by molar-refractivity contribution is 7.80. The summed E-state index contributed by atoms with van der Waals surface area (Å²) in [4.78, 5) is 3.20. The number of ether oxygens (including phenoxy) is 1. The lowest BCUT2D eigenvalue weighted by atomic mass is 9.73. The van der Waals surface area contributed by atoms with Crippen LogP contribution in [0.15, 0.2) is 0 Å². The Morgan fingerprint density at radius 1 is 1.50 bits per heavy atom. The molecule has 18 heavy (non-hydrogen) atoms. The van der Waals surface area contributed by atoms with Gasteiger partial charge in [0.15, 0.2) is 0 Å². The van der Waals surface area contributed by atoms with Crippen molar-refractivity contribution in [1.82, 2.24) is 4.90 Å². The summed E-state index contributed by atoms with van der Waals surface area (Å²) >= 11 is 5.01. The Kier molecular flexibility index (Phi) is 4.62. The summed E-state index contributed by atoms with van der Waals surface area (Å²) in [5, 5.41) is 0. The van der Waals surface area contributed by atoms with Gasteiger partial charge in [0, 0.05) is 31.7 Å². The quantitative estimate of drug-likeness (QED) is 0.779. The van der Waals surface area contributed by atoms with E-state index in [1.165, 1.54) is 25.7 Å². The minimum absolute atomic E-state index is 0.222. The Labute approximate surface area is 116 Å². The molecular weight excluding hydrogens is 244 g/mol. The van der Waals surface area contributed by atoms with Crippen LogP contribution in [0.2, 0.25) is 0 Å². The summed E-state index contributed by atoms with van der Waals surface area (Å²) in [5.41, 5.74) is 5.86. The van der Waals surface area contributed by atoms with Crippen LogP contribution < -0.4 is 5.73 Å². The number of nitrogens with two attached hydrogens (primary N) is 1. The lowest BCUT2D eigenvalue weighted by molar-refractivity contribution is -0.150. The molecule has 1 aliphatic heterocycles. The van der Waals surface area contributed by atoms with Crippen molar-refractivity contribution >= 4 is 17.2 Å². The normalized spacial score (nSPS) is 26.6. The van der Waals surface area contributed by atoms with E-state index in [0.717, 1.165) is 26.0 Å². The lowest BCUT2D eigenvalue weighted by Gasteiger charge is -2.50. The second kappa shape index (κ2) is 5.85. The number of nitrogens with zero attached hydrogens (tertiary/aromatic N) is 1. The molecule has 4 heteroatoms. The Bertz CT molecular complexity index is 302. The van der Waals surface area contributed by atoms with Gasteiger partial charge in [0.05, 0.1) is 10.6 Å². The maximum atomic E-state index is 6.01. The summed E-state index contributed by atoms with van der Waals surface area (Å²) in [5.74, 6) is 0. The molecule has 0 amide bonds. The average Bonchev–Trinajstić information content (AvgIpc) is 2.27. The zero-order chi connectivity index (χ0) is 13.2. The van der Waals surface area contributed by atoms with E-state index in [9.17, 15) is 0 Å². The molecule has 2 fully saturated rings. The number of hydrogen-bond donors (Lipinski definition) is 1. The van der Waals surface area contributed by atoms with Crippen LogP contribution in [0.3, 0.4) is 0 Å². The Hall–Kier alpha value is -0.190. The smallest absolute Gasteiger partial charge is 0.0740 e. The van der Waals surface area contributed by atoms with Gasteiger partial charge in [-0.1, -0.05) is 12.2 Å². The summed E-state index contributed by atoms with van der Waals surface area (Å²) < 4.78 is 6.01. The predicted octanol–water partition coefficient (Wildman–Crippen LogP) is 2.47. The molecule has 1 unspecified atom stereocenters. The Morgan fingerprint density at radius 2 is 2.22 bits per heavy atom. The molecule has 0 bridgehead atoms. The van der Waals surface area contributed by atoms with Gasteiger partial charge >= 0.3 is 0 Å². The van der Waals surface area contributed by atoms with E-state index >= 15 is 0 Å². The molecule has 3 nitrogen and oxygen atoms in total. The minimum Gasteiger partial charge on any atom is -0.393 e. The van der Waals surface area contributed by atoms with Gasteiger partial charge in [-0.2, -0.15) is 0 Å². The molecule has 1 saturated heterocycles. The third kappa shape index (κ3) is 3.22. The molecule has 1 atom stereocenters. The van der Waals surface area contributed by atoms with Gasteiger partial charge < -0.3 is 10.5 Å². The zero-order valence-corrected chi connectivity index (χ0v) is 12.5. The third-order valence-corrected chi connectivity index (χ3v) is 4.68. The first-order valence-corrected chi connectivity index (χ1v) is 7.61. The van der Waals surface area contributed by atoms with Crippen LogP contribution in [-0.4, -0.2) is 40.7 Å². The largest absolute Gasteiger partial charge is 0.393 e. The predicted molar refractivity (Wildman–Crippen MR) is 78.8 cm³/mol. The van der Waals surface area contributed by atoms with Gasteiger partial charge in [0.25, 0.3) is 0 Å². The fourth-order valence-corrected chi connectivity index (χ4v) is 3.40. The van der Waals surface area contributed by atoms with E-state index in [2.05, 4.69) is 18.7 Å². The molecule has 0 aromatic carbocycles. The van der Waals surface area contributed by atoms with Crippen molar-refractivity contribution in [3.8, 4) is 0 Å². The maximum Gasteiger partial charge on any atom is 0.0740 e. The second-order valence-corrected chi connectivity index (χ2v) is 6.60. The van der Waals surface area contributed by atoms with Gasteiger partial charge in [-0.15, -0.1) is 0 Å². The third-order valence-electron chi connectivity index (χ3n) is 4.48. The van der Waals surface area contributed by atoms with Gasteiger partial charge in [-0.25, -0.2) is 0 Å². The number of hydrogen-bond acceptors (Lipinski definition) is 3. The van der Waals surface area contributed by atoms with Crippen molar-refractivity contribution in [2.45, 2.75) is 70.1 Å². The average molecular weight is 270 g/mol. The molecule has 2 aliphatic rings. The van der Waals surface area contributed by atoms with Crippen LogP contribution in [0.4, 0.5) is 0 Å². The molecular formula is C14H26N2OS. The summed E-state index contributed by atoms with van der Waals surface area (Å²) in [6, 6.07) is 1.20. The second-order valence-electron chi connectivity index (χ2n) is 6.08. The topological polar surface area (TPSA) is 38.5 Å². The van der Waals surface area contributed by atoms with Crippen molar-refractivity contribution in [2.24, 2.45) is 5.73 Å². The van der Waals surface area contributed by atoms with Gasteiger partial charge in [-0.3, -0.25) is 4.90 Å². The number of rotatable bonds is 5. The van der Waals surface area contributed by atoms with Crippen LogP contribution >= 0.6 is 12.2 Å². The lowest BCUT2D eigenvalue weighted by Crippen LogP contribution is -2.53. The first-order valence-electron chi connectivity index (χ1n) is 7.20. The summed E-state index contributed by atoms with van der Waals surface area (Å²) in [6.45, 7) is 6.44. The fourth-order valence-electron chi connectivity index (χ4n) is 3.31. The van der Waals surface area contributed by atoms with E-state index in [4.69, 9.17) is 22.7 Å². The monoisotopic (exact) mass is 270 g/mol. The van der Waals surface area contributed by atoms with E-state index in [1.54, 1.807) is 0 Å². The molecule has 1 heterocycles. The van der Waals surface area contributed by atoms with Crippen molar-refractivity contribution in [1.29, 1.82) is 0 Å². The van der Waals surface area contributed by atoms with Gasteiger partial charge in [0.1, 0.15) is 0 Å². The van der Waals surface area contributed by atoms with E-state index < -0.39 is 0 Å². The van der Waals surface area contributed by atoms with E-state index in [1.807, 2.05) is 0 Å². The molecule has 2 rings (SSSR count). The highest BCUT2D eigenvalue weighted by Crippen LogP contribution is 2.43. The molecule has 1 saturated carbocycles. The molecule has 1 spiro atoms. The van der Waals surface area contributed by atoms with Crippen LogP contribution in [0.1, 0.15) is 52.4 Å². The van der Waals surface area contributed by atoms with Crippen molar-refractivity contribution in [3.05, 3.63) is 0 Å². The fraction of sp³-hybridized carbons (Fsp3) is 0.929. The maximum absolute atomic E-state index is 6.01. The highest BCUT2D eigenvalue weighted by atomic mass is 32.1. The molecule has 1 aliphatic carbocycles. The minimum atomic E-state index is 0.222. The van der Waals surface area contributed by atoms with E-state index in [0.29, 0.717) is 17.1 Å². The van der Waals surface area contributed by atoms with Crippen molar-refractivity contribution < 1.29 is 4.74 Å². The van der Waals surface area contributed by atoms with Crippen molar-refractivity contribution in [2.75, 3.05) is 13.2 Å². The first kappa shape index (κ1) is 14.2. The first-order chi connectivity index (χ1) is 8.52. The SMILES string of the molecule is CC(C)N(CCC(N)=S)C1CCOC2(CCC2)C1. The highest BCUT2D eigenvalue weighted by Gasteiger charge is 2.44. The molecule has 0 radical (unpaired) electrons. The Morgan fingerprint density at radius 3 is 2.72 bits per heavy atom. The molecule has 2 N–H and O–H groups in total. The van der Waals surface area contributed by atoms with E-state index in [-0.39, 0.29) is 5.60 Å². The van der Waals surface area contributed by atoms with Crippen LogP contribution in [-0.2, 0) is 4.74 Å². The molecule has 0 aromatic rings. The van der Waals surface area contributed by atoms with Gasteiger partial charge in [0.2, 0.25) is 0 Å². The standard InChI is InChI=1S/C14H26N2OS/c1-11(2)16(8-4-13(15)18)12-5-9-17-14(10-12)6-3-7-14/h11-12H,3-10H2,1-2H3,(H2,15,18). The zero-order valence-electron chi connectivity index (χ0n) is 11.7. The summed E-state index contributed by atoms with van der Waals surface area (Å²) in [7, 11) is 0. The van der Waals surface area contributed by atoms with Crippen LogP contribution in [0, 0.1) is 0 Å². The molecule has 0 aromatic heterocycles. The van der Waals surface area contributed by atoms with Crippen LogP contribution in [0.5, 0.6) is 0 Å². The van der Waals surface area contributed by atoms with Crippen molar-refractivity contribution in [3.63, 3.8) is 0 Å².